The lowest BCUT2D eigenvalue weighted by Gasteiger charge is -2.08. The molecule has 1 heterocycles. The average Bonchev–Trinajstić information content (AvgIpc) is 3.28. The van der Waals surface area contributed by atoms with E-state index in [1.165, 1.54) is 6.07 Å². The molecule has 6 heteroatoms. The molecule has 1 N–H and O–H groups in total. The van der Waals surface area contributed by atoms with Crippen molar-refractivity contribution < 1.29 is 23.4 Å². The predicted molar refractivity (Wildman–Crippen MR) is 88.3 cm³/mol. The summed E-state index contributed by atoms with van der Waals surface area (Å²) in [6.45, 7) is 0.968. The fourth-order valence-corrected chi connectivity index (χ4v) is 3.05. The molecule has 0 bridgehead atoms. The third kappa shape index (κ3) is 3.38. The lowest BCUT2D eigenvalue weighted by Crippen LogP contribution is -2.29. The fourth-order valence-electron chi connectivity index (χ4n) is 3.05. The van der Waals surface area contributed by atoms with Gasteiger partial charge in [0.25, 0.3) is 0 Å². The molecular weight excluding hydrogens is 325 g/mol. The first kappa shape index (κ1) is 15.7. The number of nitrogens with one attached hydrogen (secondary N) is 1. The van der Waals surface area contributed by atoms with Gasteiger partial charge in [-0.25, -0.2) is 4.39 Å². The topological polar surface area (TPSA) is 56.8 Å². The van der Waals surface area contributed by atoms with Crippen molar-refractivity contribution in [2.45, 2.75) is 12.3 Å². The third-order valence-corrected chi connectivity index (χ3v) is 4.45. The van der Waals surface area contributed by atoms with Crippen molar-refractivity contribution in [1.29, 1.82) is 0 Å². The smallest absolute Gasteiger partial charge is 0.231 e. The van der Waals surface area contributed by atoms with Gasteiger partial charge in [0, 0.05) is 12.0 Å². The number of halogens is 1. The number of fused-ring (bicyclic) bond motifs is 1. The van der Waals surface area contributed by atoms with Crippen molar-refractivity contribution >= 4 is 5.91 Å². The highest BCUT2D eigenvalue weighted by atomic mass is 19.1. The lowest BCUT2D eigenvalue weighted by atomic mass is 10.1. The van der Waals surface area contributed by atoms with Gasteiger partial charge in [-0.05, 0) is 36.1 Å². The lowest BCUT2D eigenvalue weighted by molar-refractivity contribution is -0.122. The van der Waals surface area contributed by atoms with Gasteiger partial charge in [-0.2, -0.15) is 0 Å². The fraction of sp³-hybridized carbons (Fsp3) is 0.316. The molecule has 0 saturated heterocycles. The van der Waals surface area contributed by atoms with Crippen LogP contribution in [0.4, 0.5) is 4.39 Å². The number of hydrogen-bond donors (Lipinski definition) is 1. The number of ether oxygens (including phenoxy) is 3. The summed E-state index contributed by atoms with van der Waals surface area (Å²) in [6.07, 6.45) is 0.690. The van der Waals surface area contributed by atoms with E-state index in [4.69, 9.17) is 14.2 Å². The Balaban J connectivity index is 1.22. The molecule has 2 aromatic carbocycles. The number of benzene rings is 2. The van der Waals surface area contributed by atoms with Crippen LogP contribution in [0.25, 0.3) is 0 Å². The molecule has 2 aliphatic rings. The van der Waals surface area contributed by atoms with E-state index >= 15 is 0 Å². The van der Waals surface area contributed by atoms with Crippen LogP contribution in [-0.4, -0.2) is 25.9 Å². The minimum absolute atomic E-state index is 0.0176. The maximum absolute atomic E-state index is 13.7. The van der Waals surface area contributed by atoms with Crippen LogP contribution in [0.15, 0.2) is 42.5 Å². The van der Waals surface area contributed by atoms with Crippen molar-refractivity contribution in [3.05, 3.63) is 53.8 Å². The summed E-state index contributed by atoms with van der Waals surface area (Å²) >= 11 is 0. The van der Waals surface area contributed by atoms with Crippen molar-refractivity contribution in [1.82, 2.24) is 5.32 Å². The molecule has 2 atom stereocenters. The zero-order valence-electron chi connectivity index (χ0n) is 13.5. The molecule has 4 rings (SSSR count). The Labute approximate surface area is 144 Å². The van der Waals surface area contributed by atoms with Crippen LogP contribution in [0.3, 0.4) is 0 Å². The van der Waals surface area contributed by atoms with E-state index in [0.29, 0.717) is 42.4 Å². The molecule has 25 heavy (non-hydrogen) atoms. The number of rotatable bonds is 6. The number of hydrogen-bond acceptors (Lipinski definition) is 4. The van der Waals surface area contributed by atoms with Crippen molar-refractivity contribution in [2.75, 3.05) is 19.9 Å². The van der Waals surface area contributed by atoms with Crippen LogP contribution < -0.4 is 19.5 Å². The highest BCUT2D eigenvalue weighted by Crippen LogP contribution is 2.48. The summed E-state index contributed by atoms with van der Waals surface area (Å²) in [4.78, 5) is 12.1. The van der Waals surface area contributed by atoms with Crippen LogP contribution in [0.1, 0.15) is 17.9 Å². The Kier molecular flexibility index (Phi) is 4.17. The maximum atomic E-state index is 13.7. The van der Waals surface area contributed by atoms with Gasteiger partial charge in [-0.1, -0.05) is 18.2 Å². The van der Waals surface area contributed by atoms with E-state index in [2.05, 4.69) is 5.32 Å². The van der Waals surface area contributed by atoms with Gasteiger partial charge in [0.2, 0.25) is 12.7 Å². The maximum Gasteiger partial charge on any atom is 0.231 e. The molecule has 2 aromatic rings. The molecule has 1 aliphatic heterocycles. The largest absolute Gasteiger partial charge is 0.492 e. The summed E-state index contributed by atoms with van der Waals surface area (Å²) in [5, 5.41) is 2.84. The van der Waals surface area contributed by atoms with Gasteiger partial charge in [-0.3, -0.25) is 4.79 Å². The number of amides is 1. The van der Waals surface area contributed by atoms with Gasteiger partial charge in [0.05, 0.1) is 6.54 Å². The monoisotopic (exact) mass is 343 g/mol. The van der Waals surface area contributed by atoms with Crippen LogP contribution in [0, 0.1) is 11.7 Å². The summed E-state index contributed by atoms with van der Waals surface area (Å²) in [5.41, 5.74) is 0.624. The van der Waals surface area contributed by atoms with Crippen molar-refractivity contribution in [3.63, 3.8) is 0 Å². The average molecular weight is 343 g/mol. The molecule has 0 aromatic heterocycles. The van der Waals surface area contributed by atoms with Crippen LogP contribution in [-0.2, 0) is 4.79 Å². The normalized spacial score (nSPS) is 20.2. The Hall–Kier alpha value is -2.76. The molecule has 1 saturated carbocycles. The highest BCUT2D eigenvalue weighted by Gasteiger charge is 2.44. The first-order valence-electron chi connectivity index (χ1n) is 8.27. The first-order chi connectivity index (χ1) is 12.2. The molecule has 0 unspecified atom stereocenters. The number of carbonyl (C=O) groups excluding carboxylic acids is 1. The zero-order valence-corrected chi connectivity index (χ0v) is 13.5. The van der Waals surface area contributed by atoms with Gasteiger partial charge in [-0.15, -0.1) is 0 Å². The Morgan fingerprint density at radius 2 is 2.04 bits per heavy atom. The molecule has 0 spiro atoms. The molecule has 1 fully saturated rings. The molecule has 1 aliphatic carbocycles. The number of carbonyl (C=O) groups is 1. The van der Waals surface area contributed by atoms with Gasteiger partial charge in [0.1, 0.15) is 18.2 Å². The third-order valence-electron chi connectivity index (χ3n) is 4.45. The standard InChI is InChI=1S/C19H18FNO4/c20-16-4-2-1-3-13(16)14-10-15(14)19(22)21-7-8-23-12-5-6-17-18(9-12)25-11-24-17/h1-6,9,14-15H,7-8,10-11H2,(H,21,22)/t14-,15-/m0/s1. The first-order valence-corrected chi connectivity index (χ1v) is 8.27. The Morgan fingerprint density at radius 3 is 2.92 bits per heavy atom. The van der Waals surface area contributed by atoms with Crippen molar-refractivity contribution in [2.24, 2.45) is 5.92 Å². The summed E-state index contributed by atoms with van der Waals surface area (Å²) < 4.78 is 29.9. The van der Waals surface area contributed by atoms with Gasteiger partial charge >= 0.3 is 0 Å². The van der Waals surface area contributed by atoms with Crippen molar-refractivity contribution in [3.8, 4) is 17.2 Å². The SMILES string of the molecule is O=C(NCCOc1ccc2c(c1)OCO2)[C@H]1C[C@H]1c1ccccc1F. The Morgan fingerprint density at radius 1 is 1.20 bits per heavy atom. The van der Waals surface area contributed by atoms with E-state index in [0.717, 1.165) is 0 Å². The summed E-state index contributed by atoms with van der Waals surface area (Å²) in [6, 6.07) is 12.0. The molecule has 0 radical (unpaired) electrons. The molecule has 130 valence electrons. The van der Waals surface area contributed by atoms with Crippen LogP contribution in [0.5, 0.6) is 17.2 Å². The van der Waals surface area contributed by atoms with Crippen LogP contribution in [0.2, 0.25) is 0 Å². The quantitative estimate of drug-likeness (QED) is 0.820. The van der Waals surface area contributed by atoms with E-state index < -0.39 is 0 Å². The summed E-state index contributed by atoms with van der Waals surface area (Å²) in [5.74, 6) is 1.56. The van der Waals surface area contributed by atoms with E-state index in [1.807, 2.05) is 0 Å². The highest BCUT2D eigenvalue weighted by molar-refractivity contribution is 5.82. The van der Waals surface area contributed by atoms with Gasteiger partial charge < -0.3 is 19.5 Å². The predicted octanol–water partition coefficient (Wildman–Crippen LogP) is 2.85. The zero-order chi connectivity index (χ0) is 17.2. The molecular formula is C19H18FNO4. The minimum Gasteiger partial charge on any atom is -0.492 e. The van der Waals surface area contributed by atoms with Crippen LogP contribution >= 0.6 is 0 Å². The minimum atomic E-state index is -0.242. The second-order valence-electron chi connectivity index (χ2n) is 6.12. The van der Waals surface area contributed by atoms with Gasteiger partial charge in [0.15, 0.2) is 11.5 Å². The Bertz CT molecular complexity index is 795. The van der Waals surface area contributed by atoms with E-state index in [1.54, 1.807) is 36.4 Å². The van der Waals surface area contributed by atoms with E-state index in [-0.39, 0.29) is 30.4 Å². The second-order valence-corrected chi connectivity index (χ2v) is 6.12. The second kappa shape index (κ2) is 6.63. The molecule has 5 nitrogen and oxygen atoms in total. The summed E-state index contributed by atoms with van der Waals surface area (Å²) in [7, 11) is 0. The van der Waals surface area contributed by atoms with E-state index in [9.17, 15) is 9.18 Å². The molecule has 1 amide bonds.